The van der Waals surface area contributed by atoms with E-state index in [1.54, 1.807) is 10.9 Å². The highest BCUT2D eigenvalue weighted by Crippen LogP contribution is 2.20. The lowest BCUT2D eigenvalue weighted by Crippen LogP contribution is -2.04. The van der Waals surface area contributed by atoms with E-state index in [-0.39, 0.29) is 11.4 Å². The Labute approximate surface area is 115 Å². The van der Waals surface area contributed by atoms with Crippen molar-refractivity contribution in [3.8, 4) is 0 Å². The summed E-state index contributed by atoms with van der Waals surface area (Å²) in [6, 6.07) is 14.1. The number of benzene rings is 2. The fraction of sp³-hybridized carbons (Fsp3) is 0.0667. The zero-order valence-corrected chi connectivity index (χ0v) is 10.7. The Morgan fingerprint density at radius 1 is 1.20 bits per heavy atom. The minimum atomic E-state index is -1.11. The van der Waals surface area contributed by atoms with Gasteiger partial charge in [-0.25, -0.2) is 4.79 Å². The molecule has 1 aromatic heterocycles. The van der Waals surface area contributed by atoms with Gasteiger partial charge in [-0.05, 0) is 16.3 Å². The molecule has 3 rings (SSSR count). The van der Waals surface area contributed by atoms with Crippen LogP contribution in [0.2, 0.25) is 0 Å². The molecule has 0 aliphatic carbocycles. The Kier molecular flexibility index (Phi) is 2.87. The minimum Gasteiger partial charge on any atom is -0.476 e. The number of nitrogens with zero attached hydrogens (tertiary/aromatic N) is 2. The lowest BCUT2D eigenvalue weighted by atomic mass is 10.0. The van der Waals surface area contributed by atoms with Crippen molar-refractivity contribution in [1.29, 1.82) is 0 Å². The molecule has 5 nitrogen and oxygen atoms in total. The number of carboxylic acid groups (broad SMARTS) is 1. The molecule has 3 aromatic rings. The van der Waals surface area contributed by atoms with Crippen molar-refractivity contribution < 1.29 is 9.90 Å². The predicted molar refractivity (Wildman–Crippen MR) is 76.6 cm³/mol. The summed E-state index contributed by atoms with van der Waals surface area (Å²) in [4.78, 5) is 10.9. The molecule has 100 valence electrons. The van der Waals surface area contributed by atoms with Gasteiger partial charge in [-0.2, -0.15) is 5.10 Å². The summed E-state index contributed by atoms with van der Waals surface area (Å²) in [6.45, 7) is 0.485. The van der Waals surface area contributed by atoms with Gasteiger partial charge in [0.25, 0.3) is 0 Å². The third-order valence-corrected chi connectivity index (χ3v) is 3.20. The van der Waals surface area contributed by atoms with Crippen LogP contribution in [0.4, 0.5) is 5.69 Å². The second-order valence-electron chi connectivity index (χ2n) is 4.57. The summed E-state index contributed by atoms with van der Waals surface area (Å²) in [6.07, 6.45) is 1.55. The largest absolute Gasteiger partial charge is 0.476 e. The molecule has 0 saturated heterocycles. The average Bonchev–Trinajstić information content (AvgIpc) is 2.80. The Hall–Kier alpha value is -2.82. The van der Waals surface area contributed by atoms with Gasteiger partial charge in [0.2, 0.25) is 0 Å². The number of anilines is 1. The van der Waals surface area contributed by atoms with E-state index in [9.17, 15) is 4.79 Å². The molecule has 0 amide bonds. The number of aromatic carboxylic acids is 1. The van der Waals surface area contributed by atoms with Crippen molar-refractivity contribution in [3.63, 3.8) is 0 Å². The van der Waals surface area contributed by atoms with Crippen molar-refractivity contribution in [3.05, 3.63) is 59.9 Å². The zero-order valence-electron chi connectivity index (χ0n) is 10.7. The van der Waals surface area contributed by atoms with Crippen LogP contribution >= 0.6 is 0 Å². The lowest BCUT2D eigenvalue weighted by molar-refractivity contribution is 0.0690. The quantitative estimate of drug-likeness (QED) is 0.763. The first kappa shape index (κ1) is 12.2. The number of rotatable bonds is 3. The standard InChI is InChI=1S/C15H13N3O2/c16-13-9-18(17-14(13)15(19)20)8-11-6-3-5-10-4-1-2-7-12(10)11/h1-7,9H,8,16H2,(H,19,20). The Morgan fingerprint density at radius 2 is 1.95 bits per heavy atom. The van der Waals surface area contributed by atoms with Crippen molar-refractivity contribution in [2.24, 2.45) is 0 Å². The summed E-state index contributed by atoms with van der Waals surface area (Å²) >= 11 is 0. The summed E-state index contributed by atoms with van der Waals surface area (Å²) in [7, 11) is 0. The summed E-state index contributed by atoms with van der Waals surface area (Å²) in [5, 5.41) is 15.2. The Balaban J connectivity index is 2.01. The van der Waals surface area contributed by atoms with Crippen molar-refractivity contribution in [2.75, 3.05) is 5.73 Å². The van der Waals surface area contributed by atoms with Crippen LogP contribution in [0.15, 0.2) is 48.7 Å². The van der Waals surface area contributed by atoms with Gasteiger partial charge in [0.1, 0.15) is 0 Å². The smallest absolute Gasteiger partial charge is 0.358 e. The fourth-order valence-corrected chi connectivity index (χ4v) is 2.29. The molecule has 0 unspecified atom stereocenters. The van der Waals surface area contributed by atoms with E-state index in [2.05, 4.69) is 5.10 Å². The molecule has 1 heterocycles. The van der Waals surface area contributed by atoms with Crippen LogP contribution in [0.1, 0.15) is 16.1 Å². The van der Waals surface area contributed by atoms with Gasteiger partial charge < -0.3 is 10.8 Å². The van der Waals surface area contributed by atoms with E-state index < -0.39 is 5.97 Å². The van der Waals surface area contributed by atoms with E-state index in [4.69, 9.17) is 10.8 Å². The highest BCUT2D eigenvalue weighted by molar-refractivity contribution is 5.91. The second kappa shape index (κ2) is 4.70. The molecule has 0 spiro atoms. The van der Waals surface area contributed by atoms with Crippen molar-refractivity contribution in [1.82, 2.24) is 9.78 Å². The number of hydrogen-bond donors (Lipinski definition) is 2. The summed E-state index contributed by atoms with van der Waals surface area (Å²) in [5.41, 5.74) is 6.79. The molecule has 5 heteroatoms. The van der Waals surface area contributed by atoms with Gasteiger partial charge in [0, 0.05) is 6.20 Å². The molecular formula is C15H13N3O2. The topological polar surface area (TPSA) is 81.1 Å². The van der Waals surface area contributed by atoms with Crippen LogP contribution in [0.25, 0.3) is 10.8 Å². The second-order valence-corrected chi connectivity index (χ2v) is 4.57. The van der Waals surface area contributed by atoms with Gasteiger partial charge in [0.05, 0.1) is 12.2 Å². The molecule has 0 radical (unpaired) electrons. The van der Waals surface area contributed by atoms with Gasteiger partial charge in [-0.15, -0.1) is 0 Å². The highest BCUT2D eigenvalue weighted by Gasteiger charge is 2.13. The van der Waals surface area contributed by atoms with Crippen molar-refractivity contribution >= 4 is 22.4 Å². The fourth-order valence-electron chi connectivity index (χ4n) is 2.29. The number of fused-ring (bicyclic) bond motifs is 1. The van der Waals surface area contributed by atoms with Gasteiger partial charge in [0.15, 0.2) is 5.69 Å². The van der Waals surface area contributed by atoms with Gasteiger partial charge in [-0.1, -0.05) is 42.5 Å². The molecule has 20 heavy (non-hydrogen) atoms. The number of carboxylic acids is 1. The van der Waals surface area contributed by atoms with Crippen LogP contribution in [0.3, 0.4) is 0 Å². The van der Waals surface area contributed by atoms with E-state index >= 15 is 0 Å². The molecule has 0 atom stereocenters. The zero-order chi connectivity index (χ0) is 14.1. The van der Waals surface area contributed by atoms with Gasteiger partial charge in [-0.3, -0.25) is 4.68 Å². The van der Waals surface area contributed by atoms with Gasteiger partial charge >= 0.3 is 5.97 Å². The first-order valence-electron chi connectivity index (χ1n) is 6.18. The monoisotopic (exact) mass is 267 g/mol. The van der Waals surface area contributed by atoms with Crippen LogP contribution in [-0.4, -0.2) is 20.9 Å². The summed E-state index contributed by atoms with van der Waals surface area (Å²) in [5.74, 6) is -1.11. The number of hydrogen-bond acceptors (Lipinski definition) is 3. The lowest BCUT2D eigenvalue weighted by Gasteiger charge is -2.06. The van der Waals surface area contributed by atoms with Crippen molar-refractivity contribution in [2.45, 2.75) is 6.54 Å². The normalized spacial score (nSPS) is 10.8. The van der Waals surface area contributed by atoms with E-state index in [0.29, 0.717) is 6.54 Å². The third-order valence-electron chi connectivity index (χ3n) is 3.20. The van der Waals surface area contributed by atoms with Crippen LogP contribution in [-0.2, 0) is 6.54 Å². The molecule has 0 bridgehead atoms. The number of nitrogen functional groups attached to an aromatic ring is 1. The minimum absolute atomic E-state index is 0.106. The maximum atomic E-state index is 10.9. The first-order valence-corrected chi connectivity index (χ1v) is 6.18. The molecule has 0 aliphatic heterocycles. The SMILES string of the molecule is Nc1cn(Cc2cccc3ccccc23)nc1C(=O)O. The summed E-state index contributed by atoms with van der Waals surface area (Å²) < 4.78 is 1.56. The highest BCUT2D eigenvalue weighted by atomic mass is 16.4. The van der Waals surface area contributed by atoms with E-state index in [1.807, 2.05) is 42.5 Å². The molecule has 3 N–H and O–H groups in total. The first-order chi connectivity index (χ1) is 9.65. The average molecular weight is 267 g/mol. The van der Waals surface area contributed by atoms with Crippen LogP contribution in [0.5, 0.6) is 0 Å². The molecule has 0 saturated carbocycles. The molecule has 0 fully saturated rings. The number of aromatic nitrogens is 2. The van der Waals surface area contributed by atoms with Crippen LogP contribution in [0, 0.1) is 0 Å². The van der Waals surface area contributed by atoms with E-state index in [0.717, 1.165) is 16.3 Å². The molecule has 2 aromatic carbocycles. The molecular weight excluding hydrogens is 254 g/mol. The third kappa shape index (κ3) is 2.09. The maximum Gasteiger partial charge on any atom is 0.358 e. The Morgan fingerprint density at radius 3 is 2.70 bits per heavy atom. The van der Waals surface area contributed by atoms with E-state index in [1.165, 1.54) is 0 Å². The Bertz CT molecular complexity index is 787. The molecule has 0 aliphatic rings. The predicted octanol–water partition coefficient (Wildman–Crippen LogP) is 2.37. The van der Waals surface area contributed by atoms with Crippen LogP contribution < -0.4 is 5.73 Å². The number of nitrogens with two attached hydrogens (primary N) is 1. The maximum absolute atomic E-state index is 10.9. The number of carbonyl (C=O) groups is 1.